The maximum Gasteiger partial charge on any atom is 0.410 e. The molecule has 162 valence electrons. The Kier molecular flexibility index (Phi) is 6.11. The highest BCUT2D eigenvalue weighted by Gasteiger charge is 2.27. The monoisotopic (exact) mass is 457 g/mol. The average molecular weight is 458 g/mol. The lowest BCUT2D eigenvalue weighted by atomic mass is 10.1. The van der Waals surface area contributed by atoms with Crippen LogP contribution in [0.25, 0.3) is 22.6 Å². The summed E-state index contributed by atoms with van der Waals surface area (Å²) < 4.78 is 9.68. The highest BCUT2D eigenvalue weighted by Crippen LogP contribution is 2.28. The number of carbonyl (C=O) groups excluding carboxylic acids is 1. The molecule has 0 bridgehead atoms. The summed E-state index contributed by atoms with van der Waals surface area (Å²) in [5.41, 5.74) is 2.16. The molecule has 1 fully saturated rings. The van der Waals surface area contributed by atoms with E-state index in [1.54, 1.807) is 11.1 Å². The first kappa shape index (κ1) is 21.5. The first-order chi connectivity index (χ1) is 14.8. The molecule has 4 rings (SSSR count). The van der Waals surface area contributed by atoms with Crippen molar-refractivity contribution in [1.29, 1.82) is 0 Å². The molecule has 0 unspecified atom stereocenters. The Balaban J connectivity index is 1.58. The van der Waals surface area contributed by atoms with Gasteiger partial charge in [0.15, 0.2) is 5.82 Å². The predicted octanol–water partition coefficient (Wildman–Crippen LogP) is 4.98. The molecule has 0 aliphatic carbocycles. The van der Waals surface area contributed by atoms with E-state index in [-0.39, 0.29) is 6.09 Å². The molecule has 0 spiro atoms. The third kappa shape index (κ3) is 5.32. The van der Waals surface area contributed by atoms with E-state index in [0.29, 0.717) is 37.0 Å². The van der Waals surface area contributed by atoms with Crippen molar-refractivity contribution in [3.8, 4) is 22.6 Å². The van der Waals surface area contributed by atoms with Gasteiger partial charge in [-0.15, -0.1) is 0 Å². The van der Waals surface area contributed by atoms with Gasteiger partial charge in [0.1, 0.15) is 11.4 Å². The molecular formula is C22H24ClN5O2S. The summed E-state index contributed by atoms with van der Waals surface area (Å²) in [7, 11) is 0. The summed E-state index contributed by atoms with van der Waals surface area (Å²) in [6.07, 6.45) is 1.50. The molecule has 31 heavy (non-hydrogen) atoms. The number of amides is 1. The number of rotatable bonds is 3. The van der Waals surface area contributed by atoms with Gasteiger partial charge in [-0.2, -0.15) is 0 Å². The number of carbonyl (C=O) groups is 1. The minimum absolute atomic E-state index is 0.276. The predicted molar refractivity (Wildman–Crippen MR) is 124 cm³/mol. The molecular weight excluding hydrogens is 434 g/mol. The smallest absolute Gasteiger partial charge is 0.410 e. The van der Waals surface area contributed by atoms with Gasteiger partial charge >= 0.3 is 6.09 Å². The van der Waals surface area contributed by atoms with Gasteiger partial charge in [-0.05, 0) is 44.4 Å². The third-order valence-corrected chi connectivity index (χ3v) is 5.64. The van der Waals surface area contributed by atoms with Crippen LogP contribution in [0.2, 0.25) is 5.02 Å². The number of hydrogen-bond donors (Lipinski definition) is 0. The lowest BCUT2D eigenvalue weighted by Crippen LogP contribution is -2.50. The fourth-order valence-electron chi connectivity index (χ4n) is 3.25. The summed E-state index contributed by atoms with van der Waals surface area (Å²) in [4.78, 5) is 25.8. The molecule has 3 heterocycles. The van der Waals surface area contributed by atoms with E-state index in [1.807, 2.05) is 56.5 Å². The Morgan fingerprint density at radius 1 is 1.06 bits per heavy atom. The number of hydrogen-bond acceptors (Lipinski definition) is 7. The average Bonchev–Trinajstić information content (AvgIpc) is 3.28. The Morgan fingerprint density at radius 3 is 2.39 bits per heavy atom. The molecule has 2 aromatic heterocycles. The van der Waals surface area contributed by atoms with Crippen LogP contribution in [0.5, 0.6) is 0 Å². The number of aromatic nitrogens is 3. The zero-order chi connectivity index (χ0) is 22.0. The number of ether oxygens (including phenoxy) is 1. The van der Waals surface area contributed by atoms with Crippen molar-refractivity contribution in [1.82, 2.24) is 19.2 Å². The number of piperazine rings is 1. The minimum Gasteiger partial charge on any atom is -0.444 e. The second-order valence-electron chi connectivity index (χ2n) is 8.31. The van der Waals surface area contributed by atoms with E-state index in [4.69, 9.17) is 26.3 Å². The maximum atomic E-state index is 12.4. The Hall–Kier alpha value is -2.71. The molecule has 0 N–H and O–H groups in total. The van der Waals surface area contributed by atoms with Crippen LogP contribution >= 0.6 is 23.1 Å². The number of nitrogens with zero attached hydrogens (tertiary/aromatic N) is 5. The van der Waals surface area contributed by atoms with Crippen LogP contribution in [0.15, 0.2) is 41.9 Å². The van der Waals surface area contributed by atoms with Crippen molar-refractivity contribution in [2.75, 3.05) is 31.1 Å². The summed E-state index contributed by atoms with van der Waals surface area (Å²) in [5, 5.41) is 2.61. The SMILES string of the molecule is CC(C)(C)OC(=O)N1CCN(c2cc(-c3ccc(Cl)cc3)nc(-c3cnsc3)n2)CC1. The largest absolute Gasteiger partial charge is 0.444 e. The topological polar surface area (TPSA) is 71.5 Å². The lowest BCUT2D eigenvalue weighted by Gasteiger charge is -2.36. The van der Waals surface area contributed by atoms with Crippen LogP contribution in [0.1, 0.15) is 20.8 Å². The van der Waals surface area contributed by atoms with E-state index in [0.717, 1.165) is 22.6 Å². The summed E-state index contributed by atoms with van der Waals surface area (Å²) in [5.74, 6) is 1.45. The molecule has 0 atom stereocenters. The van der Waals surface area contributed by atoms with Crippen LogP contribution in [0.3, 0.4) is 0 Å². The van der Waals surface area contributed by atoms with Gasteiger partial charge in [0, 0.05) is 48.2 Å². The fraction of sp³-hybridized carbons (Fsp3) is 0.364. The van der Waals surface area contributed by atoms with E-state index in [2.05, 4.69) is 9.27 Å². The molecule has 1 saturated heterocycles. The zero-order valence-corrected chi connectivity index (χ0v) is 19.3. The Bertz CT molecular complexity index is 1040. The van der Waals surface area contributed by atoms with E-state index < -0.39 is 5.60 Å². The molecule has 0 radical (unpaired) electrons. The molecule has 0 saturated carbocycles. The quantitative estimate of drug-likeness (QED) is 0.552. The first-order valence-electron chi connectivity index (χ1n) is 10.1. The van der Waals surface area contributed by atoms with Crippen molar-refractivity contribution in [2.24, 2.45) is 0 Å². The van der Waals surface area contributed by atoms with Gasteiger partial charge in [0.05, 0.1) is 17.5 Å². The molecule has 7 nitrogen and oxygen atoms in total. The second-order valence-corrected chi connectivity index (χ2v) is 9.40. The molecule has 1 aliphatic heterocycles. The lowest BCUT2D eigenvalue weighted by molar-refractivity contribution is 0.0240. The van der Waals surface area contributed by atoms with Crippen LogP contribution < -0.4 is 4.90 Å². The van der Waals surface area contributed by atoms with Crippen molar-refractivity contribution in [3.63, 3.8) is 0 Å². The number of halogens is 1. The summed E-state index contributed by atoms with van der Waals surface area (Å²) in [6, 6.07) is 9.58. The third-order valence-electron chi connectivity index (χ3n) is 4.80. The van der Waals surface area contributed by atoms with Crippen LogP contribution in [0, 0.1) is 0 Å². The van der Waals surface area contributed by atoms with Crippen molar-refractivity contribution in [3.05, 3.63) is 46.9 Å². The number of anilines is 1. The molecule has 1 aliphatic rings. The van der Waals surface area contributed by atoms with Gasteiger partial charge in [0.2, 0.25) is 0 Å². The van der Waals surface area contributed by atoms with Gasteiger partial charge in [-0.3, -0.25) is 0 Å². The van der Waals surface area contributed by atoms with Gasteiger partial charge in [0.25, 0.3) is 0 Å². The summed E-state index contributed by atoms with van der Waals surface area (Å²) >= 11 is 7.42. The normalized spacial score (nSPS) is 14.6. The van der Waals surface area contributed by atoms with E-state index in [9.17, 15) is 4.79 Å². The maximum absolute atomic E-state index is 12.4. The van der Waals surface area contributed by atoms with E-state index >= 15 is 0 Å². The van der Waals surface area contributed by atoms with Crippen molar-refractivity contribution in [2.45, 2.75) is 26.4 Å². The molecule has 1 amide bonds. The fourth-order valence-corrected chi connectivity index (χ4v) is 3.90. The van der Waals surface area contributed by atoms with Gasteiger partial charge in [-0.25, -0.2) is 19.1 Å². The molecule has 1 aromatic carbocycles. The second kappa shape index (κ2) is 8.80. The van der Waals surface area contributed by atoms with Crippen LogP contribution in [0.4, 0.5) is 10.6 Å². The minimum atomic E-state index is -0.502. The highest BCUT2D eigenvalue weighted by molar-refractivity contribution is 7.03. The number of benzene rings is 1. The van der Waals surface area contributed by atoms with Gasteiger partial charge < -0.3 is 14.5 Å². The standard InChI is InChI=1S/C22H24ClN5O2S/c1-22(2,3)30-21(29)28-10-8-27(9-11-28)19-12-18(15-4-6-17(23)7-5-15)25-20(26-19)16-13-24-31-14-16/h4-7,12-14H,8-11H2,1-3H3. The molecule has 3 aromatic rings. The first-order valence-corrected chi connectivity index (χ1v) is 11.3. The Morgan fingerprint density at radius 2 is 1.77 bits per heavy atom. The zero-order valence-electron chi connectivity index (χ0n) is 17.7. The van der Waals surface area contributed by atoms with Gasteiger partial charge in [-0.1, -0.05) is 23.7 Å². The van der Waals surface area contributed by atoms with E-state index in [1.165, 1.54) is 11.5 Å². The van der Waals surface area contributed by atoms with Crippen molar-refractivity contribution < 1.29 is 9.53 Å². The van der Waals surface area contributed by atoms with Crippen LogP contribution in [-0.2, 0) is 4.74 Å². The highest BCUT2D eigenvalue weighted by atomic mass is 35.5. The summed E-state index contributed by atoms with van der Waals surface area (Å²) in [6.45, 7) is 8.10. The molecule has 9 heteroatoms. The Labute approximate surface area is 190 Å². The van der Waals surface area contributed by atoms with Crippen molar-refractivity contribution >= 4 is 35.0 Å². The van der Waals surface area contributed by atoms with Crippen LogP contribution in [-0.4, -0.2) is 57.1 Å².